The molecule has 3 aromatic rings. The highest BCUT2D eigenvalue weighted by Gasteiger charge is 2.49. The zero-order valence-electron chi connectivity index (χ0n) is 20.3. The van der Waals surface area contributed by atoms with Crippen LogP contribution in [0.1, 0.15) is 31.0 Å². The van der Waals surface area contributed by atoms with E-state index in [0.717, 1.165) is 11.5 Å². The summed E-state index contributed by atoms with van der Waals surface area (Å²) < 4.78 is 13.5. The molecule has 7 nitrogen and oxygen atoms in total. The van der Waals surface area contributed by atoms with E-state index in [1.807, 2.05) is 36.9 Å². The van der Waals surface area contributed by atoms with E-state index in [-0.39, 0.29) is 35.4 Å². The van der Waals surface area contributed by atoms with E-state index in [2.05, 4.69) is 20.1 Å². The molecule has 0 saturated carbocycles. The largest absolute Gasteiger partial charge is 0.384 e. The van der Waals surface area contributed by atoms with Gasteiger partial charge in [-0.15, -0.1) is 5.10 Å². The molecule has 1 N–H and O–H groups in total. The number of pyridine rings is 1. The highest BCUT2D eigenvalue weighted by atomic mass is 35.5. The Balaban J connectivity index is 1.40. The topological polar surface area (TPSA) is 82.5 Å². The third-order valence-electron chi connectivity index (χ3n) is 7.76. The van der Waals surface area contributed by atoms with Gasteiger partial charge in [-0.05, 0) is 42.0 Å². The molecule has 0 aliphatic carbocycles. The van der Waals surface area contributed by atoms with E-state index in [1.165, 1.54) is 12.1 Å². The minimum Gasteiger partial charge on any atom is -0.384 e. The maximum atomic E-state index is 14.0. The van der Waals surface area contributed by atoms with Crippen molar-refractivity contribution < 1.29 is 14.3 Å². The lowest BCUT2D eigenvalue weighted by Gasteiger charge is -2.48. The van der Waals surface area contributed by atoms with Crippen LogP contribution in [0.25, 0.3) is 0 Å². The Morgan fingerprint density at radius 3 is 2.39 bits per heavy atom. The lowest BCUT2D eigenvalue weighted by atomic mass is 9.70. The van der Waals surface area contributed by atoms with Crippen LogP contribution in [0.2, 0.25) is 5.02 Å². The summed E-state index contributed by atoms with van der Waals surface area (Å²) >= 11 is 6.07. The lowest BCUT2D eigenvalue weighted by Crippen LogP contribution is -2.57. The molecule has 5 rings (SSSR count). The summed E-state index contributed by atoms with van der Waals surface area (Å²) in [5.41, 5.74) is 0.335. The van der Waals surface area contributed by atoms with Gasteiger partial charge in [0.15, 0.2) is 5.82 Å². The second-order valence-corrected chi connectivity index (χ2v) is 10.4. The predicted octanol–water partition coefficient (Wildman–Crippen LogP) is 3.89. The highest BCUT2D eigenvalue weighted by molar-refractivity contribution is 6.30. The molecule has 9 heteroatoms. The van der Waals surface area contributed by atoms with Crippen LogP contribution in [0, 0.1) is 23.6 Å². The summed E-state index contributed by atoms with van der Waals surface area (Å²) in [5.74, 6) is -0.537. The average molecular weight is 510 g/mol. The number of aliphatic hydroxyl groups is 1. The zero-order chi connectivity index (χ0) is 25.4. The summed E-state index contributed by atoms with van der Waals surface area (Å²) in [6.45, 7) is 5.77. The lowest BCUT2D eigenvalue weighted by molar-refractivity contribution is -0.152. The van der Waals surface area contributed by atoms with Crippen molar-refractivity contribution in [3.63, 3.8) is 0 Å². The first-order valence-electron chi connectivity index (χ1n) is 12.2. The Morgan fingerprint density at radius 1 is 1.06 bits per heavy atom. The Labute approximate surface area is 214 Å². The number of nitrogens with zero attached hydrogens (tertiary/aromatic N) is 5. The van der Waals surface area contributed by atoms with Crippen LogP contribution in [0.4, 0.5) is 10.2 Å². The molecule has 4 heterocycles. The fourth-order valence-electron chi connectivity index (χ4n) is 5.81. The van der Waals surface area contributed by atoms with Gasteiger partial charge in [0.05, 0.1) is 16.5 Å². The number of halogens is 2. The number of amides is 1. The summed E-state index contributed by atoms with van der Waals surface area (Å²) in [5, 5.41) is 20.5. The molecular formula is C27H29ClFN5O2. The second-order valence-electron chi connectivity index (χ2n) is 9.98. The van der Waals surface area contributed by atoms with Gasteiger partial charge in [0, 0.05) is 62.0 Å². The molecule has 1 aromatic carbocycles. The van der Waals surface area contributed by atoms with E-state index in [4.69, 9.17) is 11.6 Å². The van der Waals surface area contributed by atoms with Crippen molar-refractivity contribution in [3.8, 4) is 0 Å². The van der Waals surface area contributed by atoms with Crippen LogP contribution in [-0.4, -0.2) is 57.3 Å². The summed E-state index contributed by atoms with van der Waals surface area (Å²) in [6, 6.07) is 13.4. The Morgan fingerprint density at radius 2 is 1.78 bits per heavy atom. The summed E-state index contributed by atoms with van der Waals surface area (Å²) in [4.78, 5) is 22.5. The van der Waals surface area contributed by atoms with E-state index >= 15 is 0 Å². The smallest absolute Gasteiger partial charge is 0.228 e. The van der Waals surface area contributed by atoms with Gasteiger partial charge in [-0.2, -0.15) is 5.10 Å². The molecule has 2 saturated heterocycles. The Bertz CT molecular complexity index is 1200. The van der Waals surface area contributed by atoms with Crippen LogP contribution in [-0.2, 0) is 10.4 Å². The summed E-state index contributed by atoms with van der Waals surface area (Å²) in [6.07, 6.45) is 3.23. The number of hydrogen-bond donors (Lipinski definition) is 1. The first-order valence-corrected chi connectivity index (χ1v) is 12.6. The third kappa shape index (κ3) is 4.44. The van der Waals surface area contributed by atoms with Crippen molar-refractivity contribution in [2.24, 2.45) is 17.8 Å². The van der Waals surface area contributed by atoms with Gasteiger partial charge in [-0.25, -0.2) is 4.39 Å². The molecule has 2 fully saturated rings. The molecule has 2 aliphatic rings. The van der Waals surface area contributed by atoms with Crippen LogP contribution in [0.15, 0.2) is 60.9 Å². The number of anilines is 1. The molecular weight excluding hydrogens is 481 g/mol. The maximum absolute atomic E-state index is 14.0. The quantitative estimate of drug-likeness (QED) is 0.574. The third-order valence-corrected chi connectivity index (χ3v) is 7.98. The van der Waals surface area contributed by atoms with Crippen LogP contribution in [0.3, 0.4) is 0 Å². The minimum absolute atomic E-state index is 0.0306. The number of piperidine rings is 1. The van der Waals surface area contributed by atoms with Crippen molar-refractivity contribution in [2.75, 3.05) is 31.1 Å². The molecule has 36 heavy (non-hydrogen) atoms. The van der Waals surface area contributed by atoms with Gasteiger partial charge in [0.2, 0.25) is 5.91 Å². The second kappa shape index (κ2) is 9.75. The van der Waals surface area contributed by atoms with Gasteiger partial charge < -0.3 is 14.9 Å². The number of carbonyl (C=O) groups is 1. The van der Waals surface area contributed by atoms with E-state index in [9.17, 15) is 14.3 Å². The number of aromatic nitrogens is 3. The number of rotatable bonds is 4. The minimum atomic E-state index is -1.15. The first kappa shape index (κ1) is 24.6. The van der Waals surface area contributed by atoms with Crippen LogP contribution < -0.4 is 4.90 Å². The highest BCUT2D eigenvalue weighted by Crippen LogP contribution is 2.43. The number of benzene rings is 1. The van der Waals surface area contributed by atoms with Crippen LogP contribution in [0.5, 0.6) is 0 Å². The van der Waals surface area contributed by atoms with Crippen molar-refractivity contribution in [2.45, 2.75) is 25.4 Å². The molecule has 2 aromatic heterocycles. The van der Waals surface area contributed by atoms with E-state index in [0.29, 0.717) is 36.8 Å². The van der Waals surface area contributed by atoms with Gasteiger partial charge in [-0.3, -0.25) is 9.78 Å². The Kier molecular flexibility index (Phi) is 6.66. The fraction of sp³-hybridized carbons (Fsp3) is 0.407. The normalized spacial score (nSPS) is 28.4. The van der Waals surface area contributed by atoms with Crippen molar-refractivity contribution in [1.82, 2.24) is 20.1 Å². The van der Waals surface area contributed by atoms with E-state index < -0.39 is 5.60 Å². The fourth-order valence-corrected chi connectivity index (χ4v) is 5.92. The molecule has 0 spiro atoms. The maximum Gasteiger partial charge on any atom is 0.228 e. The standard InChI is InChI=1S/C27H29ClFN5O2/c1-17-13-34(14-18(2)27(17,36)19-5-8-21(29)9-6-19)26(35)23-16-33(25-4-3-11-31-32-25)15-22(23)24-10-7-20(28)12-30-24/h3-12,17-18,22-23,36H,13-16H2,1-2H3/t17?,18?,22-,23-,27?/m1/s1. The van der Waals surface area contributed by atoms with Gasteiger partial charge >= 0.3 is 0 Å². The predicted molar refractivity (Wildman–Crippen MR) is 135 cm³/mol. The van der Waals surface area contributed by atoms with E-state index in [1.54, 1.807) is 30.6 Å². The molecule has 2 aliphatic heterocycles. The van der Waals surface area contributed by atoms with Gasteiger partial charge in [0.1, 0.15) is 5.82 Å². The number of carbonyl (C=O) groups excluding carboxylic acids is 1. The van der Waals surface area contributed by atoms with Gasteiger partial charge in [-0.1, -0.05) is 37.6 Å². The first-order chi connectivity index (χ1) is 17.3. The van der Waals surface area contributed by atoms with Crippen molar-refractivity contribution in [1.29, 1.82) is 0 Å². The molecule has 188 valence electrons. The molecule has 0 bridgehead atoms. The van der Waals surface area contributed by atoms with Crippen molar-refractivity contribution >= 4 is 23.3 Å². The molecule has 1 amide bonds. The Hall–Kier alpha value is -3.10. The monoisotopic (exact) mass is 509 g/mol. The summed E-state index contributed by atoms with van der Waals surface area (Å²) in [7, 11) is 0. The van der Waals surface area contributed by atoms with Gasteiger partial charge in [0.25, 0.3) is 0 Å². The molecule has 4 atom stereocenters. The van der Waals surface area contributed by atoms with Crippen molar-refractivity contribution in [3.05, 3.63) is 83.0 Å². The zero-order valence-corrected chi connectivity index (χ0v) is 21.0. The van der Waals surface area contributed by atoms with Crippen LogP contribution >= 0.6 is 11.6 Å². The molecule has 0 radical (unpaired) electrons. The number of likely N-dealkylation sites (tertiary alicyclic amines) is 1. The average Bonchev–Trinajstić information content (AvgIpc) is 3.33. The molecule has 2 unspecified atom stereocenters. The number of hydrogen-bond acceptors (Lipinski definition) is 6. The SMILES string of the molecule is CC1CN(C(=O)[C@@H]2CN(c3cccnn3)C[C@H]2c2ccc(Cl)cn2)CC(C)C1(O)c1ccc(F)cc1.